The second-order valence-electron chi connectivity index (χ2n) is 5.30. The van der Waals surface area contributed by atoms with Crippen molar-refractivity contribution >= 4 is 39.3 Å². The number of rotatable bonds is 7. The Morgan fingerprint density at radius 3 is 2.80 bits per heavy atom. The van der Waals surface area contributed by atoms with Gasteiger partial charge in [-0.2, -0.15) is 0 Å². The SMILES string of the molecule is CCOC(=O)c1cccnc1NCCC(=O)Nc1ccc(Br)cc1C. The summed E-state index contributed by atoms with van der Waals surface area (Å²) in [4.78, 5) is 28.1. The number of aryl methyl sites for hydroxylation is 1. The minimum absolute atomic E-state index is 0.119. The summed E-state index contributed by atoms with van der Waals surface area (Å²) in [5, 5.41) is 5.88. The van der Waals surface area contributed by atoms with Gasteiger partial charge in [-0.1, -0.05) is 15.9 Å². The molecule has 6 nitrogen and oxygen atoms in total. The summed E-state index contributed by atoms with van der Waals surface area (Å²) < 4.78 is 5.96. The van der Waals surface area contributed by atoms with Gasteiger partial charge in [-0.05, 0) is 49.7 Å². The predicted octanol–water partition coefficient (Wildman–Crippen LogP) is 3.77. The van der Waals surface area contributed by atoms with Crippen molar-refractivity contribution < 1.29 is 14.3 Å². The van der Waals surface area contributed by atoms with Crippen LogP contribution >= 0.6 is 15.9 Å². The third-order valence-corrected chi connectivity index (χ3v) is 3.90. The van der Waals surface area contributed by atoms with Gasteiger partial charge >= 0.3 is 5.97 Å². The number of esters is 1. The van der Waals surface area contributed by atoms with Crippen LogP contribution in [0, 0.1) is 6.92 Å². The number of carbonyl (C=O) groups excluding carboxylic acids is 2. The topological polar surface area (TPSA) is 80.3 Å². The molecule has 0 radical (unpaired) electrons. The molecule has 0 aliphatic heterocycles. The van der Waals surface area contributed by atoms with Crippen LogP contribution in [-0.2, 0) is 9.53 Å². The molecule has 0 bridgehead atoms. The van der Waals surface area contributed by atoms with E-state index in [0.717, 1.165) is 15.7 Å². The molecule has 1 amide bonds. The molecule has 1 aromatic heterocycles. The van der Waals surface area contributed by atoms with Crippen molar-refractivity contribution in [1.29, 1.82) is 0 Å². The van der Waals surface area contributed by atoms with Crippen LogP contribution in [0.3, 0.4) is 0 Å². The van der Waals surface area contributed by atoms with Crippen LogP contribution in [0.5, 0.6) is 0 Å². The fourth-order valence-corrected chi connectivity index (χ4v) is 2.67. The third-order valence-electron chi connectivity index (χ3n) is 3.41. The van der Waals surface area contributed by atoms with Crippen molar-refractivity contribution in [3.05, 3.63) is 52.1 Å². The van der Waals surface area contributed by atoms with Crippen LogP contribution in [0.25, 0.3) is 0 Å². The summed E-state index contributed by atoms with van der Waals surface area (Å²) >= 11 is 3.39. The highest BCUT2D eigenvalue weighted by Gasteiger charge is 2.13. The molecule has 25 heavy (non-hydrogen) atoms. The van der Waals surface area contributed by atoms with E-state index in [1.165, 1.54) is 0 Å². The Morgan fingerprint density at radius 2 is 2.08 bits per heavy atom. The second-order valence-corrected chi connectivity index (χ2v) is 6.22. The number of halogens is 1. The molecule has 2 rings (SSSR count). The van der Waals surface area contributed by atoms with Gasteiger partial charge in [0.25, 0.3) is 0 Å². The Labute approximate surface area is 155 Å². The molecule has 0 aliphatic rings. The van der Waals surface area contributed by atoms with Gasteiger partial charge in [-0.15, -0.1) is 0 Å². The largest absolute Gasteiger partial charge is 0.462 e. The van der Waals surface area contributed by atoms with E-state index >= 15 is 0 Å². The average molecular weight is 406 g/mol. The minimum Gasteiger partial charge on any atom is -0.462 e. The van der Waals surface area contributed by atoms with Crippen LogP contribution < -0.4 is 10.6 Å². The standard InChI is InChI=1S/C18H20BrN3O3/c1-3-25-18(24)14-5-4-9-20-17(14)21-10-8-16(23)22-15-7-6-13(19)11-12(15)2/h4-7,9,11H,3,8,10H2,1-2H3,(H,20,21)(H,22,23). The van der Waals surface area contributed by atoms with Crippen molar-refractivity contribution in [2.45, 2.75) is 20.3 Å². The van der Waals surface area contributed by atoms with Crippen LogP contribution in [0.4, 0.5) is 11.5 Å². The number of nitrogens with zero attached hydrogens (tertiary/aromatic N) is 1. The van der Waals surface area contributed by atoms with Gasteiger partial charge in [0.1, 0.15) is 11.4 Å². The summed E-state index contributed by atoms with van der Waals surface area (Å²) in [6.45, 7) is 4.32. The predicted molar refractivity (Wildman–Crippen MR) is 101 cm³/mol. The van der Waals surface area contributed by atoms with E-state index in [-0.39, 0.29) is 12.3 Å². The smallest absolute Gasteiger partial charge is 0.341 e. The molecule has 2 N–H and O–H groups in total. The van der Waals surface area contributed by atoms with Gasteiger partial charge in [0.2, 0.25) is 5.91 Å². The molecule has 0 fully saturated rings. The monoisotopic (exact) mass is 405 g/mol. The number of aromatic nitrogens is 1. The van der Waals surface area contributed by atoms with Crippen molar-refractivity contribution in [2.24, 2.45) is 0 Å². The van der Waals surface area contributed by atoms with Crippen molar-refractivity contribution in [3.8, 4) is 0 Å². The van der Waals surface area contributed by atoms with Crippen molar-refractivity contribution in [1.82, 2.24) is 4.98 Å². The van der Waals surface area contributed by atoms with Gasteiger partial charge in [0.15, 0.2) is 0 Å². The van der Waals surface area contributed by atoms with Gasteiger partial charge in [-0.25, -0.2) is 9.78 Å². The minimum atomic E-state index is -0.437. The summed E-state index contributed by atoms with van der Waals surface area (Å²) in [7, 11) is 0. The van der Waals surface area contributed by atoms with Crippen molar-refractivity contribution in [2.75, 3.05) is 23.8 Å². The Hall–Kier alpha value is -2.41. The van der Waals surface area contributed by atoms with E-state index in [1.807, 2.05) is 25.1 Å². The molecule has 0 spiro atoms. The van der Waals surface area contributed by atoms with E-state index in [9.17, 15) is 9.59 Å². The van der Waals surface area contributed by atoms with E-state index in [1.54, 1.807) is 25.3 Å². The van der Waals surface area contributed by atoms with Crippen LogP contribution in [0.1, 0.15) is 29.3 Å². The molecular formula is C18H20BrN3O3. The summed E-state index contributed by atoms with van der Waals surface area (Å²) in [6.07, 6.45) is 1.82. The normalized spacial score (nSPS) is 10.2. The zero-order chi connectivity index (χ0) is 18.2. The van der Waals surface area contributed by atoms with Gasteiger partial charge in [0, 0.05) is 29.3 Å². The Balaban J connectivity index is 1.90. The number of hydrogen-bond donors (Lipinski definition) is 2. The lowest BCUT2D eigenvalue weighted by molar-refractivity contribution is -0.115. The number of nitrogens with one attached hydrogen (secondary N) is 2. The fraction of sp³-hybridized carbons (Fsp3) is 0.278. The van der Waals surface area contributed by atoms with E-state index < -0.39 is 5.97 Å². The highest BCUT2D eigenvalue weighted by molar-refractivity contribution is 9.10. The lowest BCUT2D eigenvalue weighted by Gasteiger charge is -2.11. The molecule has 132 valence electrons. The maximum absolute atomic E-state index is 12.1. The summed E-state index contributed by atoms with van der Waals surface area (Å²) in [5.41, 5.74) is 2.11. The molecule has 0 saturated heterocycles. The lowest BCUT2D eigenvalue weighted by Crippen LogP contribution is -2.18. The van der Waals surface area contributed by atoms with Crippen LogP contribution in [0.15, 0.2) is 41.0 Å². The summed E-state index contributed by atoms with van der Waals surface area (Å²) in [6, 6.07) is 8.97. The molecule has 0 unspecified atom stereocenters. The first-order valence-electron chi connectivity index (χ1n) is 7.93. The zero-order valence-corrected chi connectivity index (χ0v) is 15.7. The first kappa shape index (κ1) is 18.9. The molecule has 2 aromatic rings. The quantitative estimate of drug-likeness (QED) is 0.685. The highest BCUT2D eigenvalue weighted by atomic mass is 79.9. The van der Waals surface area contributed by atoms with Crippen molar-refractivity contribution in [3.63, 3.8) is 0 Å². The Bertz CT molecular complexity index is 765. The maximum atomic E-state index is 12.1. The molecule has 7 heteroatoms. The first-order chi connectivity index (χ1) is 12.0. The number of ether oxygens (including phenoxy) is 1. The number of amides is 1. The fourth-order valence-electron chi connectivity index (χ4n) is 2.19. The van der Waals surface area contributed by atoms with E-state index in [4.69, 9.17) is 4.74 Å². The van der Waals surface area contributed by atoms with Gasteiger partial charge in [0.05, 0.1) is 6.61 Å². The van der Waals surface area contributed by atoms with Crippen LogP contribution in [0.2, 0.25) is 0 Å². The molecular weight excluding hydrogens is 386 g/mol. The second kappa shape index (κ2) is 9.17. The number of hydrogen-bond acceptors (Lipinski definition) is 5. The molecule has 0 aliphatic carbocycles. The average Bonchev–Trinajstić information content (AvgIpc) is 2.58. The van der Waals surface area contributed by atoms with E-state index in [0.29, 0.717) is 24.5 Å². The zero-order valence-electron chi connectivity index (χ0n) is 14.1. The van der Waals surface area contributed by atoms with Gasteiger partial charge < -0.3 is 15.4 Å². The summed E-state index contributed by atoms with van der Waals surface area (Å²) in [5.74, 6) is -0.145. The first-order valence-corrected chi connectivity index (χ1v) is 8.72. The van der Waals surface area contributed by atoms with Crippen LogP contribution in [-0.4, -0.2) is 30.0 Å². The lowest BCUT2D eigenvalue weighted by atomic mass is 10.2. The molecule has 0 atom stereocenters. The Kier molecular flexibility index (Phi) is 6.94. The number of pyridine rings is 1. The number of anilines is 2. The molecule has 1 aromatic carbocycles. The number of carbonyl (C=O) groups is 2. The Morgan fingerprint density at radius 1 is 1.28 bits per heavy atom. The van der Waals surface area contributed by atoms with Gasteiger partial charge in [-0.3, -0.25) is 4.79 Å². The number of benzene rings is 1. The van der Waals surface area contributed by atoms with E-state index in [2.05, 4.69) is 31.5 Å². The molecule has 1 heterocycles. The maximum Gasteiger partial charge on any atom is 0.341 e. The molecule has 0 saturated carbocycles. The highest BCUT2D eigenvalue weighted by Crippen LogP contribution is 2.20. The third kappa shape index (κ3) is 5.56.